The van der Waals surface area contributed by atoms with Crippen molar-refractivity contribution in [3.63, 3.8) is 0 Å². The summed E-state index contributed by atoms with van der Waals surface area (Å²) in [5, 5.41) is 3.68. The Hall–Kier alpha value is -1.43. The molecule has 0 aromatic carbocycles. The van der Waals surface area contributed by atoms with Crippen molar-refractivity contribution in [2.24, 2.45) is 0 Å². The van der Waals surface area contributed by atoms with Crippen LogP contribution in [-0.2, 0) is 0 Å². The molecule has 2 heterocycles. The lowest BCUT2D eigenvalue weighted by molar-refractivity contribution is 0.425. The van der Waals surface area contributed by atoms with Crippen molar-refractivity contribution in [1.82, 2.24) is 15.1 Å². The van der Waals surface area contributed by atoms with Gasteiger partial charge in [0.2, 0.25) is 0 Å². The lowest BCUT2D eigenvalue weighted by atomic mass is 10.3. The number of pyridine rings is 1. The Kier molecular flexibility index (Phi) is 2.20. The highest BCUT2D eigenvalue weighted by Crippen LogP contribution is 2.23. The molecule has 0 radical (unpaired) electrons. The van der Waals surface area contributed by atoms with Crippen molar-refractivity contribution >= 4 is 21.7 Å². The minimum atomic E-state index is 0.435. The molecular weight excluding hydrogens is 248 g/mol. The van der Waals surface area contributed by atoms with Crippen LogP contribution in [-0.4, -0.2) is 15.1 Å². The Bertz CT molecular complexity index is 468. The molecule has 0 aliphatic carbocycles. The first kappa shape index (κ1) is 9.14. The van der Waals surface area contributed by atoms with Crippen LogP contribution in [0.3, 0.4) is 0 Å². The number of nitrogens with two attached hydrogens (primary N) is 1. The summed E-state index contributed by atoms with van der Waals surface area (Å²) in [6.45, 7) is 1.76. The quantitative estimate of drug-likeness (QED) is 0.840. The van der Waals surface area contributed by atoms with Crippen molar-refractivity contribution in [3.8, 4) is 11.5 Å². The van der Waals surface area contributed by atoms with E-state index < -0.39 is 0 Å². The lowest BCUT2D eigenvalue weighted by Gasteiger charge is -1.97. The SMILES string of the molecule is Cc1noc(-c2cnc(N)c(Br)c2)n1. The van der Waals surface area contributed by atoms with Gasteiger partial charge in [0.15, 0.2) is 5.82 Å². The van der Waals surface area contributed by atoms with Crippen molar-refractivity contribution in [2.45, 2.75) is 6.92 Å². The summed E-state index contributed by atoms with van der Waals surface area (Å²) in [6.07, 6.45) is 1.59. The fraction of sp³-hybridized carbons (Fsp3) is 0.125. The average molecular weight is 255 g/mol. The van der Waals surface area contributed by atoms with Gasteiger partial charge in [-0.3, -0.25) is 0 Å². The van der Waals surface area contributed by atoms with Crippen LogP contribution < -0.4 is 5.73 Å². The number of hydrogen-bond acceptors (Lipinski definition) is 5. The smallest absolute Gasteiger partial charge is 0.259 e. The summed E-state index contributed by atoms with van der Waals surface area (Å²) in [4.78, 5) is 8.04. The third-order valence-electron chi connectivity index (χ3n) is 1.64. The van der Waals surface area contributed by atoms with E-state index in [9.17, 15) is 0 Å². The van der Waals surface area contributed by atoms with E-state index in [0.717, 1.165) is 5.56 Å². The van der Waals surface area contributed by atoms with Gasteiger partial charge in [-0.05, 0) is 28.9 Å². The monoisotopic (exact) mass is 254 g/mol. The molecule has 0 aliphatic heterocycles. The van der Waals surface area contributed by atoms with Gasteiger partial charge in [-0.1, -0.05) is 5.16 Å². The zero-order chi connectivity index (χ0) is 10.1. The van der Waals surface area contributed by atoms with E-state index in [4.69, 9.17) is 10.3 Å². The van der Waals surface area contributed by atoms with Crippen LogP contribution in [0.5, 0.6) is 0 Å². The molecule has 2 aromatic rings. The Morgan fingerprint density at radius 2 is 2.29 bits per heavy atom. The van der Waals surface area contributed by atoms with Gasteiger partial charge in [0.05, 0.1) is 10.0 Å². The first-order valence-electron chi connectivity index (χ1n) is 3.88. The van der Waals surface area contributed by atoms with Crippen LogP contribution in [0.1, 0.15) is 5.82 Å². The van der Waals surface area contributed by atoms with Crippen molar-refractivity contribution in [1.29, 1.82) is 0 Å². The molecular formula is C8H7BrN4O. The van der Waals surface area contributed by atoms with Gasteiger partial charge in [-0.2, -0.15) is 4.98 Å². The number of nitrogens with zero attached hydrogens (tertiary/aromatic N) is 3. The highest BCUT2D eigenvalue weighted by Gasteiger charge is 2.08. The van der Waals surface area contributed by atoms with Crippen LogP contribution >= 0.6 is 15.9 Å². The first-order chi connectivity index (χ1) is 6.66. The predicted octanol–water partition coefficient (Wildman–Crippen LogP) is 1.78. The Morgan fingerprint density at radius 3 is 2.86 bits per heavy atom. The molecule has 14 heavy (non-hydrogen) atoms. The predicted molar refractivity (Wildman–Crippen MR) is 54.4 cm³/mol. The zero-order valence-electron chi connectivity index (χ0n) is 7.36. The second-order valence-electron chi connectivity index (χ2n) is 2.74. The average Bonchev–Trinajstić information content (AvgIpc) is 2.57. The van der Waals surface area contributed by atoms with Gasteiger partial charge in [-0.15, -0.1) is 0 Å². The molecule has 0 amide bonds. The summed E-state index contributed by atoms with van der Waals surface area (Å²) in [5.74, 6) is 1.47. The molecule has 2 aromatic heterocycles. The van der Waals surface area contributed by atoms with Gasteiger partial charge in [0.25, 0.3) is 5.89 Å². The van der Waals surface area contributed by atoms with E-state index in [-0.39, 0.29) is 0 Å². The van der Waals surface area contributed by atoms with Gasteiger partial charge in [0.1, 0.15) is 5.82 Å². The molecule has 0 aliphatic rings. The fourth-order valence-electron chi connectivity index (χ4n) is 0.980. The molecule has 0 saturated heterocycles. The van der Waals surface area contributed by atoms with E-state index in [1.54, 1.807) is 19.2 Å². The summed E-state index contributed by atoms with van der Waals surface area (Å²) in [5.41, 5.74) is 6.29. The molecule has 0 saturated carbocycles. The second-order valence-corrected chi connectivity index (χ2v) is 3.59. The van der Waals surface area contributed by atoms with E-state index in [2.05, 4.69) is 31.1 Å². The number of nitrogen functional groups attached to an aromatic ring is 1. The van der Waals surface area contributed by atoms with Crippen LogP contribution in [0.15, 0.2) is 21.3 Å². The van der Waals surface area contributed by atoms with E-state index in [0.29, 0.717) is 22.0 Å². The number of aryl methyl sites for hydroxylation is 1. The number of rotatable bonds is 1. The number of halogens is 1. The Labute approximate surface area is 88.5 Å². The van der Waals surface area contributed by atoms with Crippen LogP contribution in [0.2, 0.25) is 0 Å². The molecule has 0 atom stereocenters. The molecule has 0 bridgehead atoms. The van der Waals surface area contributed by atoms with Crippen molar-refractivity contribution in [2.75, 3.05) is 5.73 Å². The molecule has 5 nitrogen and oxygen atoms in total. The van der Waals surface area contributed by atoms with E-state index in [1.165, 1.54) is 0 Å². The maximum Gasteiger partial charge on any atom is 0.259 e. The molecule has 72 valence electrons. The summed E-state index contributed by atoms with van der Waals surface area (Å²) in [7, 11) is 0. The third kappa shape index (κ3) is 1.60. The minimum absolute atomic E-state index is 0.435. The molecule has 6 heteroatoms. The molecule has 2 rings (SSSR count). The van der Waals surface area contributed by atoms with Crippen LogP contribution in [0.25, 0.3) is 11.5 Å². The highest BCUT2D eigenvalue weighted by atomic mass is 79.9. The summed E-state index contributed by atoms with van der Waals surface area (Å²) in [6, 6.07) is 1.79. The summed E-state index contributed by atoms with van der Waals surface area (Å²) < 4.78 is 5.70. The van der Waals surface area contributed by atoms with Crippen LogP contribution in [0, 0.1) is 6.92 Å². The fourth-order valence-corrected chi connectivity index (χ4v) is 1.33. The third-order valence-corrected chi connectivity index (χ3v) is 2.28. The highest BCUT2D eigenvalue weighted by molar-refractivity contribution is 9.10. The topological polar surface area (TPSA) is 77.8 Å². The number of aromatic nitrogens is 3. The van der Waals surface area contributed by atoms with E-state index in [1.807, 2.05) is 0 Å². The lowest BCUT2D eigenvalue weighted by Crippen LogP contribution is -1.91. The maximum atomic E-state index is 5.55. The number of anilines is 1. The van der Waals surface area contributed by atoms with Gasteiger partial charge in [-0.25, -0.2) is 4.98 Å². The van der Waals surface area contributed by atoms with Gasteiger partial charge >= 0.3 is 0 Å². The largest absolute Gasteiger partial charge is 0.383 e. The maximum absolute atomic E-state index is 5.55. The Balaban J connectivity index is 2.47. The van der Waals surface area contributed by atoms with Crippen molar-refractivity contribution < 1.29 is 4.52 Å². The molecule has 2 N–H and O–H groups in total. The first-order valence-corrected chi connectivity index (χ1v) is 4.68. The normalized spacial score (nSPS) is 10.4. The van der Waals surface area contributed by atoms with Gasteiger partial charge < -0.3 is 10.3 Å². The van der Waals surface area contributed by atoms with Crippen molar-refractivity contribution in [3.05, 3.63) is 22.6 Å². The van der Waals surface area contributed by atoms with E-state index >= 15 is 0 Å². The summed E-state index contributed by atoms with van der Waals surface area (Å²) >= 11 is 3.27. The zero-order valence-corrected chi connectivity index (χ0v) is 8.95. The molecule has 0 fully saturated rings. The van der Waals surface area contributed by atoms with Crippen LogP contribution in [0.4, 0.5) is 5.82 Å². The molecule has 0 unspecified atom stereocenters. The van der Waals surface area contributed by atoms with Gasteiger partial charge in [0, 0.05) is 6.20 Å². The number of hydrogen-bond donors (Lipinski definition) is 1. The molecule has 0 spiro atoms. The standard InChI is InChI=1S/C8H7BrN4O/c1-4-12-8(14-13-4)5-2-6(9)7(10)11-3-5/h2-3H,1H3,(H2,10,11). The second kappa shape index (κ2) is 3.38. The minimum Gasteiger partial charge on any atom is -0.383 e. The Morgan fingerprint density at radius 1 is 1.50 bits per heavy atom.